The molecule has 1 atom stereocenters. The number of rotatable bonds is 4. The minimum Gasteiger partial charge on any atom is -0.493 e. The van der Waals surface area contributed by atoms with Gasteiger partial charge in [0.25, 0.3) is 0 Å². The minimum absolute atomic E-state index is 0.0202. The first kappa shape index (κ1) is 18.0. The van der Waals surface area contributed by atoms with Gasteiger partial charge in [0.2, 0.25) is 5.91 Å². The van der Waals surface area contributed by atoms with E-state index in [-0.39, 0.29) is 24.2 Å². The molecule has 3 aromatic carbocycles. The second-order valence-electron chi connectivity index (χ2n) is 6.79. The number of ether oxygens (including phenoxy) is 2. The van der Waals surface area contributed by atoms with Crippen LogP contribution in [0.3, 0.4) is 0 Å². The van der Waals surface area contributed by atoms with E-state index in [2.05, 4.69) is 17.4 Å². The fourth-order valence-corrected chi connectivity index (χ4v) is 3.73. The molecule has 0 saturated heterocycles. The van der Waals surface area contributed by atoms with Crippen molar-refractivity contribution in [3.63, 3.8) is 0 Å². The summed E-state index contributed by atoms with van der Waals surface area (Å²) in [5.74, 6) is 0.413. The molecule has 1 aliphatic rings. The molecule has 0 aliphatic carbocycles. The van der Waals surface area contributed by atoms with Crippen molar-refractivity contribution in [1.29, 1.82) is 0 Å². The highest BCUT2D eigenvalue weighted by Crippen LogP contribution is 2.43. The first-order valence-electron chi connectivity index (χ1n) is 9.30. The first-order valence-corrected chi connectivity index (χ1v) is 9.30. The van der Waals surface area contributed by atoms with Crippen molar-refractivity contribution in [2.24, 2.45) is 0 Å². The highest BCUT2D eigenvalue weighted by atomic mass is 16.6. The molecule has 0 unspecified atom stereocenters. The molecule has 5 nitrogen and oxygen atoms in total. The highest BCUT2D eigenvalue weighted by molar-refractivity contribution is 6.01. The molecule has 0 aromatic heterocycles. The lowest BCUT2D eigenvalue weighted by atomic mass is 9.82. The zero-order chi connectivity index (χ0) is 19.7. The third-order valence-corrected chi connectivity index (χ3v) is 5.09. The van der Waals surface area contributed by atoms with Crippen molar-refractivity contribution in [2.45, 2.75) is 25.7 Å². The average Bonchev–Trinajstić information content (AvgIpc) is 2.73. The summed E-state index contributed by atoms with van der Waals surface area (Å²) in [6, 6.07) is 17.6. The molecule has 1 N–H and O–H groups in total. The van der Waals surface area contributed by atoms with Crippen molar-refractivity contribution in [3.05, 3.63) is 65.7 Å². The lowest BCUT2D eigenvalue weighted by molar-refractivity contribution is -0.134. The smallest absolute Gasteiger partial charge is 0.311 e. The fraction of sp³-hybridized carbons (Fsp3) is 0.217. The van der Waals surface area contributed by atoms with E-state index in [1.807, 2.05) is 36.4 Å². The lowest BCUT2D eigenvalue weighted by Crippen LogP contribution is -2.23. The number of carbonyl (C=O) groups excluding carboxylic acids is 2. The molecule has 1 aliphatic heterocycles. The topological polar surface area (TPSA) is 64.6 Å². The van der Waals surface area contributed by atoms with Gasteiger partial charge >= 0.3 is 5.97 Å². The Hall–Kier alpha value is -3.34. The van der Waals surface area contributed by atoms with Gasteiger partial charge in [0.15, 0.2) is 11.5 Å². The Balaban J connectivity index is 1.83. The summed E-state index contributed by atoms with van der Waals surface area (Å²) in [6.07, 6.45) is 0.630. The molecular weight excluding hydrogens is 354 g/mol. The normalized spacial score (nSPS) is 15.6. The van der Waals surface area contributed by atoms with E-state index in [9.17, 15) is 9.59 Å². The largest absolute Gasteiger partial charge is 0.493 e. The number of carbonyl (C=O) groups is 2. The van der Waals surface area contributed by atoms with Crippen molar-refractivity contribution in [3.8, 4) is 11.5 Å². The Bertz CT molecular complexity index is 1070. The first-order chi connectivity index (χ1) is 13.6. The Morgan fingerprint density at radius 2 is 1.93 bits per heavy atom. The van der Waals surface area contributed by atoms with Crippen molar-refractivity contribution in [2.75, 3.05) is 12.4 Å². The maximum Gasteiger partial charge on any atom is 0.311 e. The summed E-state index contributed by atoms with van der Waals surface area (Å²) in [5, 5.41) is 5.23. The number of hydrogen-bond acceptors (Lipinski definition) is 4. The van der Waals surface area contributed by atoms with Crippen LogP contribution >= 0.6 is 0 Å². The third kappa shape index (κ3) is 3.20. The third-order valence-electron chi connectivity index (χ3n) is 5.09. The van der Waals surface area contributed by atoms with Crippen LogP contribution in [0.5, 0.6) is 11.5 Å². The SMILES string of the molecule is CCC(=O)Oc1ccc([C@@H]2CC(=O)Nc3ccc4ccccc4c32)cc1OC. The van der Waals surface area contributed by atoms with Crippen LogP contribution < -0.4 is 14.8 Å². The van der Waals surface area contributed by atoms with E-state index in [0.29, 0.717) is 17.9 Å². The van der Waals surface area contributed by atoms with Crippen LogP contribution in [0.2, 0.25) is 0 Å². The Labute approximate surface area is 163 Å². The van der Waals surface area contributed by atoms with Gasteiger partial charge in [0.05, 0.1) is 7.11 Å². The van der Waals surface area contributed by atoms with E-state index in [1.165, 1.54) is 0 Å². The number of nitrogens with one attached hydrogen (secondary N) is 1. The van der Waals surface area contributed by atoms with Gasteiger partial charge in [0, 0.05) is 24.4 Å². The van der Waals surface area contributed by atoms with E-state index in [0.717, 1.165) is 27.6 Å². The van der Waals surface area contributed by atoms with Gasteiger partial charge in [0.1, 0.15) is 0 Å². The Morgan fingerprint density at radius 3 is 2.71 bits per heavy atom. The summed E-state index contributed by atoms with van der Waals surface area (Å²) < 4.78 is 10.8. The number of benzene rings is 3. The average molecular weight is 375 g/mol. The standard InChI is InChI=1S/C23H21NO4/c1-3-22(26)28-19-11-9-15(12-20(19)27-2)17-13-21(25)24-18-10-8-14-6-4-5-7-16(14)23(17)18/h4-12,17H,3,13H2,1-2H3,(H,24,25)/t17-/m0/s1. The number of anilines is 1. The number of amides is 1. The predicted molar refractivity (Wildman–Crippen MR) is 108 cm³/mol. The van der Waals surface area contributed by atoms with Crippen LogP contribution in [0.4, 0.5) is 5.69 Å². The van der Waals surface area contributed by atoms with Crippen LogP contribution in [-0.4, -0.2) is 19.0 Å². The molecule has 0 fully saturated rings. The van der Waals surface area contributed by atoms with E-state index in [1.54, 1.807) is 20.1 Å². The molecule has 4 rings (SSSR count). The molecular formula is C23H21NO4. The molecule has 0 saturated carbocycles. The van der Waals surface area contributed by atoms with E-state index >= 15 is 0 Å². The zero-order valence-corrected chi connectivity index (χ0v) is 15.8. The zero-order valence-electron chi connectivity index (χ0n) is 15.8. The number of methoxy groups -OCH3 is 1. The molecule has 1 amide bonds. The van der Waals surface area contributed by atoms with Crippen LogP contribution in [0.15, 0.2) is 54.6 Å². The predicted octanol–water partition coefficient (Wildman–Crippen LogP) is 4.64. The second-order valence-corrected chi connectivity index (χ2v) is 6.79. The van der Waals surface area contributed by atoms with E-state index in [4.69, 9.17) is 9.47 Å². The van der Waals surface area contributed by atoms with Gasteiger partial charge < -0.3 is 14.8 Å². The lowest BCUT2D eigenvalue weighted by Gasteiger charge is -2.28. The summed E-state index contributed by atoms with van der Waals surface area (Å²) >= 11 is 0. The minimum atomic E-state index is -0.320. The number of hydrogen-bond donors (Lipinski definition) is 1. The number of fused-ring (bicyclic) bond motifs is 3. The molecule has 28 heavy (non-hydrogen) atoms. The second kappa shape index (κ2) is 7.35. The summed E-state index contributed by atoms with van der Waals surface area (Å²) in [5.41, 5.74) is 2.87. The van der Waals surface area contributed by atoms with Crippen LogP contribution in [0.25, 0.3) is 10.8 Å². The summed E-state index contributed by atoms with van der Waals surface area (Å²) in [6.45, 7) is 1.74. The van der Waals surface area contributed by atoms with Gasteiger partial charge in [-0.1, -0.05) is 43.3 Å². The van der Waals surface area contributed by atoms with Crippen LogP contribution in [-0.2, 0) is 9.59 Å². The van der Waals surface area contributed by atoms with E-state index < -0.39 is 0 Å². The van der Waals surface area contributed by atoms with Gasteiger partial charge in [-0.15, -0.1) is 0 Å². The molecule has 3 aromatic rings. The van der Waals surface area contributed by atoms with Gasteiger partial charge in [-0.3, -0.25) is 9.59 Å². The maximum atomic E-state index is 12.3. The maximum absolute atomic E-state index is 12.3. The van der Waals surface area contributed by atoms with Gasteiger partial charge in [-0.05, 0) is 40.1 Å². The number of esters is 1. The Morgan fingerprint density at radius 1 is 1.11 bits per heavy atom. The highest BCUT2D eigenvalue weighted by Gasteiger charge is 2.29. The quantitative estimate of drug-likeness (QED) is 0.533. The monoisotopic (exact) mass is 375 g/mol. The molecule has 1 heterocycles. The van der Waals surface area contributed by atoms with Crippen molar-refractivity contribution >= 4 is 28.3 Å². The molecule has 0 spiro atoms. The molecule has 142 valence electrons. The van der Waals surface area contributed by atoms with Crippen LogP contribution in [0, 0.1) is 0 Å². The van der Waals surface area contributed by atoms with Crippen molar-refractivity contribution in [1.82, 2.24) is 0 Å². The fourth-order valence-electron chi connectivity index (χ4n) is 3.73. The molecule has 0 bridgehead atoms. The van der Waals surface area contributed by atoms with Crippen molar-refractivity contribution < 1.29 is 19.1 Å². The summed E-state index contributed by atoms with van der Waals surface area (Å²) in [7, 11) is 1.54. The van der Waals surface area contributed by atoms with Gasteiger partial charge in [-0.25, -0.2) is 0 Å². The van der Waals surface area contributed by atoms with Crippen LogP contribution in [0.1, 0.15) is 36.8 Å². The Kier molecular flexibility index (Phi) is 4.74. The summed E-state index contributed by atoms with van der Waals surface area (Å²) in [4.78, 5) is 24.0. The molecule has 5 heteroatoms. The van der Waals surface area contributed by atoms with Gasteiger partial charge in [-0.2, -0.15) is 0 Å². The molecule has 0 radical (unpaired) electrons.